The minimum absolute atomic E-state index is 0.0664. The number of fused-ring (bicyclic) bond motifs is 2. The summed E-state index contributed by atoms with van der Waals surface area (Å²) in [6.45, 7) is 3.23. The van der Waals surface area contributed by atoms with Crippen LogP contribution in [0.3, 0.4) is 0 Å². The Labute approximate surface area is 183 Å². The van der Waals surface area contributed by atoms with Gasteiger partial charge in [0.05, 0.1) is 17.4 Å². The van der Waals surface area contributed by atoms with E-state index in [2.05, 4.69) is 14.9 Å². The number of ether oxygens (including phenoxy) is 2. The van der Waals surface area contributed by atoms with Gasteiger partial charge in [0.1, 0.15) is 12.4 Å². The predicted molar refractivity (Wildman–Crippen MR) is 116 cm³/mol. The van der Waals surface area contributed by atoms with Crippen molar-refractivity contribution in [3.05, 3.63) is 63.7 Å². The van der Waals surface area contributed by atoms with Gasteiger partial charge in [0, 0.05) is 31.2 Å². The van der Waals surface area contributed by atoms with Crippen LogP contribution in [-0.4, -0.2) is 64.6 Å². The van der Waals surface area contributed by atoms with E-state index in [4.69, 9.17) is 21.1 Å². The van der Waals surface area contributed by atoms with Crippen molar-refractivity contribution < 1.29 is 14.3 Å². The third-order valence-electron chi connectivity index (χ3n) is 5.56. The number of piperazine rings is 1. The van der Waals surface area contributed by atoms with Crippen molar-refractivity contribution in [1.29, 1.82) is 0 Å². The number of rotatable bonds is 3. The molecule has 2 aromatic carbocycles. The second-order valence-corrected chi connectivity index (χ2v) is 8.08. The number of hydrogen-bond acceptors (Lipinski definition) is 6. The molecule has 1 fully saturated rings. The number of amides is 1. The van der Waals surface area contributed by atoms with Crippen LogP contribution in [0, 0.1) is 0 Å². The summed E-state index contributed by atoms with van der Waals surface area (Å²) in [5.41, 5.74) is 0.415. The smallest absolute Gasteiger partial charge is 0.267 e. The summed E-state index contributed by atoms with van der Waals surface area (Å²) in [6.07, 6.45) is -0.633. The Balaban J connectivity index is 1.20. The first-order valence-corrected chi connectivity index (χ1v) is 10.5. The molecule has 0 spiro atoms. The van der Waals surface area contributed by atoms with Crippen LogP contribution in [0.25, 0.3) is 10.9 Å². The zero-order chi connectivity index (χ0) is 21.4. The molecular weight excluding hydrogens is 420 g/mol. The first kappa shape index (κ1) is 19.8. The number of hydrogen-bond donors (Lipinski definition) is 1. The molecule has 0 radical (unpaired) electrons. The summed E-state index contributed by atoms with van der Waals surface area (Å²) in [4.78, 5) is 36.6. The minimum Gasteiger partial charge on any atom is -0.485 e. The Bertz CT molecular complexity index is 1190. The van der Waals surface area contributed by atoms with E-state index in [1.807, 2.05) is 18.2 Å². The van der Waals surface area contributed by atoms with Crippen LogP contribution in [0.15, 0.2) is 47.3 Å². The molecule has 0 saturated carbocycles. The molecule has 1 aromatic heterocycles. The molecule has 0 unspecified atom stereocenters. The highest BCUT2D eigenvalue weighted by Crippen LogP contribution is 2.31. The van der Waals surface area contributed by atoms with E-state index in [-0.39, 0.29) is 18.1 Å². The van der Waals surface area contributed by atoms with E-state index >= 15 is 0 Å². The molecule has 0 bridgehead atoms. The Kier molecular flexibility index (Phi) is 5.25. The van der Waals surface area contributed by atoms with E-state index in [0.29, 0.717) is 66.0 Å². The Morgan fingerprint density at radius 1 is 1.13 bits per heavy atom. The number of aromatic nitrogens is 2. The van der Waals surface area contributed by atoms with Crippen molar-refractivity contribution >= 4 is 28.4 Å². The first-order valence-electron chi connectivity index (χ1n) is 10.1. The van der Waals surface area contributed by atoms with Crippen LogP contribution < -0.4 is 15.0 Å². The normalized spacial score (nSPS) is 18.9. The third kappa shape index (κ3) is 4.08. The van der Waals surface area contributed by atoms with Crippen LogP contribution in [0.5, 0.6) is 11.5 Å². The molecule has 1 atom stereocenters. The van der Waals surface area contributed by atoms with Gasteiger partial charge >= 0.3 is 0 Å². The highest BCUT2D eigenvalue weighted by atomic mass is 35.5. The summed E-state index contributed by atoms with van der Waals surface area (Å²) >= 11 is 5.97. The van der Waals surface area contributed by atoms with Crippen molar-refractivity contribution in [3.63, 3.8) is 0 Å². The Hall–Kier alpha value is -3.10. The van der Waals surface area contributed by atoms with Gasteiger partial charge in [-0.05, 0) is 30.3 Å². The molecule has 3 heterocycles. The van der Waals surface area contributed by atoms with Crippen molar-refractivity contribution in [2.45, 2.75) is 12.6 Å². The van der Waals surface area contributed by atoms with Gasteiger partial charge in [0.25, 0.3) is 11.5 Å². The fourth-order valence-electron chi connectivity index (χ4n) is 3.92. The quantitative estimate of drug-likeness (QED) is 0.670. The average Bonchev–Trinajstić information content (AvgIpc) is 2.79. The molecule has 160 valence electrons. The number of nitrogens with zero attached hydrogens (tertiary/aromatic N) is 3. The first-order chi connectivity index (χ1) is 15.1. The second kappa shape index (κ2) is 8.20. The van der Waals surface area contributed by atoms with Crippen LogP contribution >= 0.6 is 11.6 Å². The molecule has 31 heavy (non-hydrogen) atoms. The Morgan fingerprint density at radius 3 is 2.71 bits per heavy atom. The van der Waals surface area contributed by atoms with E-state index in [1.165, 1.54) is 0 Å². The van der Waals surface area contributed by atoms with E-state index < -0.39 is 6.10 Å². The van der Waals surface area contributed by atoms with Gasteiger partial charge in [-0.3, -0.25) is 14.5 Å². The maximum atomic E-state index is 12.9. The lowest BCUT2D eigenvalue weighted by Gasteiger charge is -2.37. The molecule has 2 aliphatic rings. The van der Waals surface area contributed by atoms with Gasteiger partial charge < -0.3 is 19.4 Å². The standard InChI is InChI=1S/C22H21ClN4O4/c23-14-5-6-16-15(11-14)21(28)25-20(24-16)12-26-7-9-27(10-8-26)22(29)19-13-30-17-3-1-2-4-18(17)31-19/h1-6,11,19H,7-10,12-13H2,(H,24,25,28)/t19-/m0/s1. The fourth-order valence-corrected chi connectivity index (χ4v) is 4.09. The van der Waals surface area contributed by atoms with Gasteiger partial charge in [-0.15, -0.1) is 0 Å². The maximum Gasteiger partial charge on any atom is 0.267 e. The second-order valence-electron chi connectivity index (χ2n) is 7.64. The topological polar surface area (TPSA) is 87.8 Å². The number of H-pyrrole nitrogens is 1. The number of benzene rings is 2. The van der Waals surface area contributed by atoms with Gasteiger partial charge in [0.2, 0.25) is 6.10 Å². The SMILES string of the molecule is O=C([C@@H]1COc2ccccc2O1)N1CCN(Cc2nc3ccc(Cl)cc3c(=O)[nH]2)CC1. The number of para-hydroxylation sites is 2. The fraction of sp³-hybridized carbons (Fsp3) is 0.318. The molecule has 0 aliphatic carbocycles. The number of halogens is 1. The number of aromatic amines is 1. The predicted octanol–water partition coefficient (Wildman–Crippen LogP) is 2.06. The lowest BCUT2D eigenvalue weighted by molar-refractivity contribution is -0.143. The highest BCUT2D eigenvalue weighted by Gasteiger charge is 2.32. The molecule has 3 aromatic rings. The summed E-state index contributed by atoms with van der Waals surface area (Å²) in [6, 6.07) is 12.4. The molecule has 5 rings (SSSR count). The molecule has 2 aliphatic heterocycles. The largest absolute Gasteiger partial charge is 0.485 e. The summed E-state index contributed by atoms with van der Waals surface area (Å²) in [5.74, 6) is 1.79. The monoisotopic (exact) mass is 440 g/mol. The molecule has 8 nitrogen and oxygen atoms in total. The van der Waals surface area contributed by atoms with Gasteiger partial charge in [-0.2, -0.15) is 0 Å². The van der Waals surface area contributed by atoms with Gasteiger partial charge in [0.15, 0.2) is 11.5 Å². The van der Waals surface area contributed by atoms with Crippen molar-refractivity contribution in [1.82, 2.24) is 19.8 Å². The van der Waals surface area contributed by atoms with Crippen molar-refractivity contribution in [2.75, 3.05) is 32.8 Å². The molecule has 1 amide bonds. The molecular formula is C22H21ClN4O4. The van der Waals surface area contributed by atoms with Crippen LogP contribution in [0.1, 0.15) is 5.82 Å². The summed E-state index contributed by atoms with van der Waals surface area (Å²) in [5, 5.41) is 0.979. The van der Waals surface area contributed by atoms with Crippen molar-refractivity contribution in [3.8, 4) is 11.5 Å². The molecule has 1 saturated heterocycles. The average molecular weight is 441 g/mol. The lowest BCUT2D eigenvalue weighted by atomic mass is 10.2. The minimum atomic E-state index is -0.633. The zero-order valence-corrected chi connectivity index (χ0v) is 17.5. The van der Waals surface area contributed by atoms with Crippen LogP contribution in [-0.2, 0) is 11.3 Å². The number of nitrogens with one attached hydrogen (secondary N) is 1. The third-order valence-corrected chi connectivity index (χ3v) is 5.79. The molecule has 9 heteroatoms. The number of carbonyl (C=O) groups is 1. The van der Waals surface area contributed by atoms with Crippen LogP contribution in [0.4, 0.5) is 0 Å². The van der Waals surface area contributed by atoms with Crippen molar-refractivity contribution in [2.24, 2.45) is 0 Å². The summed E-state index contributed by atoms with van der Waals surface area (Å²) < 4.78 is 11.5. The van der Waals surface area contributed by atoms with E-state index in [1.54, 1.807) is 29.2 Å². The maximum absolute atomic E-state index is 12.9. The van der Waals surface area contributed by atoms with Gasteiger partial charge in [-0.1, -0.05) is 23.7 Å². The Morgan fingerprint density at radius 2 is 1.90 bits per heavy atom. The zero-order valence-electron chi connectivity index (χ0n) is 16.7. The lowest BCUT2D eigenvalue weighted by Crippen LogP contribution is -2.53. The number of carbonyl (C=O) groups excluding carboxylic acids is 1. The van der Waals surface area contributed by atoms with Crippen LogP contribution in [0.2, 0.25) is 5.02 Å². The van der Waals surface area contributed by atoms with E-state index in [9.17, 15) is 9.59 Å². The summed E-state index contributed by atoms with van der Waals surface area (Å²) in [7, 11) is 0. The highest BCUT2D eigenvalue weighted by molar-refractivity contribution is 6.31. The molecule has 1 N–H and O–H groups in total. The van der Waals surface area contributed by atoms with Gasteiger partial charge in [-0.25, -0.2) is 4.98 Å². The van der Waals surface area contributed by atoms with E-state index in [0.717, 1.165) is 0 Å².